The summed E-state index contributed by atoms with van der Waals surface area (Å²) in [5, 5.41) is 9.02. The minimum Gasteiger partial charge on any atom is -0.481 e. The van der Waals surface area contributed by atoms with Crippen LogP contribution in [0.25, 0.3) is 0 Å². The molecule has 1 N–H and O–H groups in total. The first kappa shape index (κ1) is 12.2. The van der Waals surface area contributed by atoms with Gasteiger partial charge in [-0.1, -0.05) is 0 Å². The molecular formula is C12H19NO4. The number of piperidine rings is 2. The van der Waals surface area contributed by atoms with E-state index in [2.05, 4.69) is 0 Å². The zero-order valence-electron chi connectivity index (χ0n) is 10.5. The van der Waals surface area contributed by atoms with Gasteiger partial charge in [-0.3, -0.25) is 4.79 Å². The molecule has 2 bridgehead atoms. The van der Waals surface area contributed by atoms with Crippen molar-refractivity contribution in [2.75, 3.05) is 13.1 Å². The summed E-state index contributed by atoms with van der Waals surface area (Å²) in [5.41, 5.74) is -0.495. The summed E-state index contributed by atoms with van der Waals surface area (Å²) in [5.74, 6) is -0.763. The third-order valence-electron chi connectivity index (χ3n) is 3.47. The summed E-state index contributed by atoms with van der Waals surface area (Å²) in [6.07, 6.45) is 0.604. The Morgan fingerprint density at radius 2 is 1.76 bits per heavy atom. The number of carboxylic acids is 1. The van der Waals surface area contributed by atoms with Crippen LogP contribution in [0.15, 0.2) is 0 Å². The highest BCUT2D eigenvalue weighted by Gasteiger charge is 2.51. The molecule has 0 radical (unpaired) electrons. The van der Waals surface area contributed by atoms with Crippen LogP contribution < -0.4 is 0 Å². The number of hydrogen-bond donors (Lipinski definition) is 1. The maximum atomic E-state index is 11.8. The average Bonchev–Trinajstić information content (AvgIpc) is 2.13. The Hall–Kier alpha value is -1.26. The number of fused-ring (bicyclic) bond motifs is 2. The van der Waals surface area contributed by atoms with Gasteiger partial charge in [-0.15, -0.1) is 0 Å². The van der Waals surface area contributed by atoms with E-state index in [4.69, 9.17) is 9.84 Å². The lowest BCUT2D eigenvalue weighted by Crippen LogP contribution is -2.59. The lowest BCUT2D eigenvalue weighted by molar-refractivity contribution is -0.159. The van der Waals surface area contributed by atoms with E-state index in [1.807, 2.05) is 20.8 Å². The number of nitrogens with zero attached hydrogens (tertiary/aromatic N) is 1. The van der Waals surface area contributed by atoms with Gasteiger partial charge in [-0.2, -0.15) is 0 Å². The van der Waals surface area contributed by atoms with Crippen molar-refractivity contribution in [1.82, 2.24) is 4.90 Å². The molecule has 0 unspecified atom stereocenters. The minimum absolute atomic E-state index is 0.110. The molecule has 2 saturated heterocycles. The van der Waals surface area contributed by atoms with Crippen molar-refractivity contribution in [3.63, 3.8) is 0 Å². The first-order valence-corrected chi connectivity index (χ1v) is 5.98. The topological polar surface area (TPSA) is 66.8 Å². The third kappa shape index (κ3) is 2.37. The van der Waals surface area contributed by atoms with E-state index >= 15 is 0 Å². The Bertz CT molecular complexity index is 335. The van der Waals surface area contributed by atoms with E-state index in [9.17, 15) is 9.59 Å². The molecule has 1 amide bonds. The Labute approximate surface area is 101 Å². The minimum atomic E-state index is -0.727. The first-order chi connectivity index (χ1) is 7.78. The van der Waals surface area contributed by atoms with Gasteiger partial charge >= 0.3 is 12.1 Å². The molecule has 5 nitrogen and oxygen atoms in total. The second kappa shape index (κ2) is 3.89. The highest BCUT2D eigenvalue weighted by atomic mass is 16.6. The van der Waals surface area contributed by atoms with Crippen molar-refractivity contribution in [2.24, 2.45) is 17.8 Å². The normalized spacial score (nSPS) is 31.7. The van der Waals surface area contributed by atoms with E-state index < -0.39 is 11.6 Å². The smallest absolute Gasteiger partial charge is 0.410 e. The van der Waals surface area contributed by atoms with Crippen molar-refractivity contribution in [2.45, 2.75) is 32.8 Å². The molecule has 2 atom stereocenters. The van der Waals surface area contributed by atoms with Crippen molar-refractivity contribution in [3.05, 3.63) is 0 Å². The van der Waals surface area contributed by atoms with Gasteiger partial charge in [-0.05, 0) is 39.0 Å². The molecule has 3 fully saturated rings. The number of carbonyl (C=O) groups excluding carboxylic acids is 1. The van der Waals surface area contributed by atoms with Crippen LogP contribution >= 0.6 is 0 Å². The molecule has 5 heteroatoms. The summed E-state index contributed by atoms with van der Waals surface area (Å²) in [6.45, 7) is 6.52. The average molecular weight is 241 g/mol. The molecule has 0 aromatic heterocycles. The number of rotatable bonds is 1. The third-order valence-corrected chi connectivity index (χ3v) is 3.47. The van der Waals surface area contributed by atoms with Gasteiger partial charge in [0.2, 0.25) is 0 Å². The summed E-state index contributed by atoms with van der Waals surface area (Å²) in [7, 11) is 0. The summed E-state index contributed by atoms with van der Waals surface area (Å²) in [6, 6.07) is 0. The SMILES string of the molecule is CC(C)(C)OC(=O)N1C[C@H]2C[C@H](C1)C2C(=O)O. The van der Waals surface area contributed by atoms with E-state index in [0.717, 1.165) is 6.42 Å². The van der Waals surface area contributed by atoms with Gasteiger partial charge < -0.3 is 14.7 Å². The second-order valence-corrected chi connectivity index (χ2v) is 6.01. The molecule has 3 aliphatic rings. The van der Waals surface area contributed by atoms with Crippen LogP contribution in [0, 0.1) is 17.8 Å². The molecule has 96 valence electrons. The maximum absolute atomic E-state index is 11.8. The van der Waals surface area contributed by atoms with Crippen molar-refractivity contribution < 1.29 is 19.4 Å². The van der Waals surface area contributed by atoms with Crippen LogP contribution in [0.1, 0.15) is 27.2 Å². The highest BCUT2D eigenvalue weighted by molar-refractivity contribution is 5.74. The zero-order valence-corrected chi connectivity index (χ0v) is 10.5. The maximum Gasteiger partial charge on any atom is 0.410 e. The molecular weight excluding hydrogens is 222 g/mol. The second-order valence-electron chi connectivity index (χ2n) is 6.01. The van der Waals surface area contributed by atoms with Crippen LogP contribution in [0.3, 0.4) is 0 Å². The van der Waals surface area contributed by atoms with Gasteiger partial charge in [-0.25, -0.2) is 4.79 Å². The number of ether oxygens (including phenoxy) is 1. The predicted molar refractivity (Wildman–Crippen MR) is 60.5 cm³/mol. The largest absolute Gasteiger partial charge is 0.481 e. The van der Waals surface area contributed by atoms with Gasteiger partial charge in [0.25, 0.3) is 0 Å². The molecule has 3 rings (SSSR count). The van der Waals surface area contributed by atoms with Crippen molar-refractivity contribution in [3.8, 4) is 0 Å². The molecule has 2 aliphatic heterocycles. The monoisotopic (exact) mass is 241 g/mol. The van der Waals surface area contributed by atoms with Gasteiger partial charge in [0.05, 0.1) is 5.92 Å². The Morgan fingerprint density at radius 1 is 1.24 bits per heavy atom. The van der Waals surface area contributed by atoms with Crippen molar-refractivity contribution in [1.29, 1.82) is 0 Å². The highest BCUT2D eigenvalue weighted by Crippen LogP contribution is 2.45. The van der Waals surface area contributed by atoms with Crippen LogP contribution in [0.4, 0.5) is 4.79 Å². The van der Waals surface area contributed by atoms with Crippen LogP contribution in [-0.2, 0) is 9.53 Å². The van der Waals surface area contributed by atoms with E-state index in [0.29, 0.717) is 13.1 Å². The quantitative estimate of drug-likeness (QED) is 0.756. The van der Waals surface area contributed by atoms with E-state index in [-0.39, 0.29) is 23.8 Å². The lowest BCUT2D eigenvalue weighted by Gasteiger charge is -2.51. The van der Waals surface area contributed by atoms with Crippen LogP contribution in [0.2, 0.25) is 0 Å². The number of carbonyl (C=O) groups is 2. The molecule has 2 heterocycles. The summed E-state index contributed by atoms with van der Waals surface area (Å²) < 4.78 is 5.28. The van der Waals surface area contributed by atoms with Gasteiger partial charge in [0, 0.05) is 13.1 Å². The van der Waals surface area contributed by atoms with Crippen molar-refractivity contribution >= 4 is 12.1 Å². The molecule has 17 heavy (non-hydrogen) atoms. The molecule has 1 aliphatic carbocycles. The molecule has 0 spiro atoms. The zero-order chi connectivity index (χ0) is 12.8. The number of amides is 1. The predicted octanol–water partition coefficient (Wildman–Crippen LogP) is 1.57. The fraction of sp³-hybridized carbons (Fsp3) is 0.833. The first-order valence-electron chi connectivity index (χ1n) is 5.98. The molecule has 0 aromatic carbocycles. The van der Waals surface area contributed by atoms with Crippen LogP contribution in [-0.4, -0.2) is 40.8 Å². The van der Waals surface area contributed by atoms with Gasteiger partial charge in [0.15, 0.2) is 0 Å². The van der Waals surface area contributed by atoms with E-state index in [1.54, 1.807) is 4.90 Å². The van der Waals surface area contributed by atoms with Gasteiger partial charge in [0.1, 0.15) is 5.60 Å². The standard InChI is InChI=1S/C12H19NO4/c1-12(2,3)17-11(16)13-5-7-4-8(6-13)9(7)10(14)15/h7-9H,4-6H2,1-3H3,(H,14,15)/t7-,8-/m1/s1. The Balaban J connectivity index is 1.92. The molecule has 0 aromatic rings. The Kier molecular flexibility index (Phi) is 2.79. The number of carboxylic acid groups (broad SMARTS) is 1. The molecule has 1 saturated carbocycles. The van der Waals surface area contributed by atoms with Crippen LogP contribution in [0.5, 0.6) is 0 Å². The summed E-state index contributed by atoms with van der Waals surface area (Å²) >= 11 is 0. The Morgan fingerprint density at radius 3 is 2.18 bits per heavy atom. The number of aliphatic carboxylic acids is 1. The van der Waals surface area contributed by atoms with E-state index in [1.165, 1.54) is 0 Å². The lowest BCUT2D eigenvalue weighted by atomic mass is 9.62. The fourth-order valence-corrected chi connectivity index (χ4v) is 2.77. The summed E-state index contributed by atoms with van der Waals surface area (Å²) in [4.78, 5) is 24.4. The number of hydrogen-bond acceptors (Lipinski definition) is 3. The fourth-order valence-electron chi connectivity index (χ4n) is 2.77.